The average Bonchev–Trinajstić information content (AvgIpc) is 2.32. The SMILES string of the molecule is CCCCCNCC(C)N1CCCC(C)C1C. The summed E-state index contributed by atoms with van der Waals surface area (Å²) in [5.41, 5.74) is 0. The van der Waals surface area contributed by atoms with Crippen molar-refractivity contribution in [3.8, 4) is 0 Å². The van der Waals surface area contributed by atoms with E-state index in [0.29, 0.717) is 6.04 Å². The highest BCUT2D eigenvalue weighted by Crippen LogP contribution is 2.24. The Kier molecular flexibility index (Phi) is 7.14. The fourth-order valence-electron chi connectivity index (χ4n) is 2.92. The van der Waals surface area contributed by atoms with E-state index in [0.717, 1.165) is 18.5 Å². The summed E-state index contributed by atoms with van der Waals surface area (Å²) in [4.78, 5) is 2.70. The molecule has 0 radical (unpaired) electrons. The van der Waals surface area contributed by atoms with Gasteiger partial charge in [0.15, 0.2) is 0 Å². The van der Waals surface area contributed by atoms with Gasteiger partial charge in [-0.3, -0.25) is 4.90 Å². The zero-order valence-corrected chi connectivity index (χ0v) is 12.3. The van der Waals surface area contributed by atoms with Gasteiger partial charge in [0.1, 0.15) is 0 Å². The molecule has 0 saturated carbocycles. The Balaban J connectivity index is 2.19. The Labute approximate surface area is 108 Å². The van der Waals surface area contributed by atoms with Crippen LogP contribution in [0, 0.1) is 5.92 Å². The summed E-state index contributed by atoms with van der Waals surface area (Å²) in [6, 6.07) is 1.45. The zero-order chi connectivity index (χ0) is 12.7. The Morgan fingerprint density at radius 3 is 2.76 bits per heavy atom. The standard InChI is InChI=1S/C15H32N2/c1-5-6-7-10-16-12-14(3)17-11-8-9-13(2)15(17)4/h13-16H,5-12H2,1-4H3. The van der Waals surface area contributed by atoms with Gasteiger partial charge in [-0.05, 0) is 52.1 Å². The number of piperidine rings is 1. The Bertz CT molecular complexity index is 193. The van der Waals surface area contributed by atoms with Crippen molar-refractivity contribution in [1.29, 1.82) is 0 Å². The molecule has 2 nitrogen and oxygen atoms in total. The van der Waals surface area contributed by atoms with Gasteiger partial charge in [0, 0.05) is 18.6 Å². The van der Waals surface area contributed by atoms with Crippen LogP contribution in [0.3, 0.4) is 0 Å². The molecular formula is C15H32N2. The van der Waals surface area contributed by atoms with E-state index in [2.05, 4.69) is 37.9 Å². The van der Waals surface area contributed by atoms with Crippen LogP contribution < -0.4 is 5.32 Å². The van der Waals surface area contributed by atoms with Crippen LogP contribution in [0.2, 0.25) is 0 Å². The minimum Gasteiger partial charge on any atom is -0.315 e. The van der Waals surface area contributed by atoms with E-state index in [9.17, 15) is 0 Å². The molecule has 1 aliphatic heterocycles. The second kappa shape index (κ2) is 8.10. The quantitative estimate of drug-likeness (QED) is 0.687. The van der Waals surface area contributed by atoms with Crippen LogP contribution in [0.5, 0.6) is 0 Å². The fourth-order valence-corrected chi connectivity index (χ4v) is 2.92. The fraction of sp³-hybridized carbons (Fsp3) is 1.00. The maximum absolute atomic E-state index is 3.61. The first-order valence-corrected chi connectivity index (χ1v) is 7.63. The maximum atomic E-state index is 3.61. The topological polar surface area (TPSA) is 15.3 Å². The molecule has 1 heterocycles. The Hall–Kier alpha value is -0.0800. The molecule has 1 aliphatic rings. The van der Waals surface area contributed by atoms with Crippen molar-refractivity contribution in [2.24, 2.45) is 5.92 Å². The summed E-state index contributed by atoms with van der Waals surface area (Å²) in [5, 5.41) is 3.61. The van der Waals surface area contributed by atoms with Gasteiger partial charge in [-0.25, -0.2) is 0 Å². The van der Waals surface area contributed by atoms with Gasteiger partial charge in [0.25, 0.3) is 0 Å². The summed E-state index contributed by atoms with van der Waals surface area (Å²) < 4.78 is 0. The van der Waals surface area contributed by atoms with Gasteiger partial charge in [0.2, 0.25) is 0 Å². The highest BCUT2D eigenvalue weighted by atomic mass is 15.2. The van der Waals surface area contributed by atoms with Crippen LogP contribution in [0.1, 0.15) is 59.8 Å². The lowest BCUT2D eigenvalue weighted by Crippen LogP contribution is -2.50. The smallest absolute Gasteiger partial charge is 0.0195 e. The molecule has 1 rings (SSSR count). The van der Waals surface area contributed by atoms with E-state index in [4.69, 9.17) is 0 Å². The van der Waals surface area contributed by atoms with Gasteiger partial charge in [-0.15, -0.1) is 0 Å². The number of nitrogens with zero attached hydrogens (tertiary/aromatic N) is 1. The first-order chi connectivity index (χ1) is 8.16. The summed E-state index contributed by atoms with van der Waals surface area (Å²) >= 11 is 0. The van der Waals surface area contributed by atoms with E-state index in [1.165, 1.54) is 45.2 Å². The van der Waals surface area contributed by atoms with Crippen molar-refractivity contribution in [3.63, 3.8) is 0 Å². The Morgan fingerprint density at radius 2 is 2.06 bits per heavy atom. The molecule has 0 amide bonds. The van der Waals surface area contributed by atoms with Crippen LogP contribution in [-0.4, -0.2) is 36.6 Å². The lowest BCUT2D eigenvalue weighted by molar-refractivity contribution is 0.0752. The number of hydrogen-bond acceptors (Lipinski definition) is 2. The molecule has 0 spiro atoms. The average molecular weight is 240 g/mol. The molecule has 0 aromatic carbocycles. The van der Waals surface area contributed by atoms with Crippen LogP contribution in [0.15, 0.2) is 0 Å². The second-order valence-corrected chi connectivity index (χ2v) is 5.86. The third-order valence-corrected chi connectivity index (χ3v) is 4.39. The van der Waals surface area contributed by atoms with Gasteiger partial charge < -0.3 is 5.32 Å². The first-order valence-electron chi connectivity index (χ1n) is 7.63. The van der Waals surface area contributed by atoms with E-state index in [1.54, 1.807) is 0 Å². The van der Waals surface area contributed by atoms with Crippen LogP contribution in [-0.2, 0) is 0 Å². The molecule has 17 heavy (non-hydrogen) atoms. The normalized spacial score (nSPS) is 28.2. The monoisotopic (exact) mass is 240 g/mol. The second-order valence-electron chi connectivity index (χ2n) is 5.86. The van der Waals surface area contributed by atoms with Crippen molar-refractivity contribution in [1.82, 2.24) is 10.2 Å². The van der Waals surface area contributed by atoms with Crippen molar-refractivity contribution in [2.75, 3.05) is 19.6 Å². The van der Waals surface area contributed by atoms with Crippen molar-refractivity contribution in [2.45, 2.75) is 71.9 Å². The summed E-state index contributed by atoms with van der Waals surface area (Å²) in [6.45, 7) is 13.1. The molecule has 3 atom stereocenters. The predicted molar refractivity (Wildman–Crippen MR) is 76.4 cm³/mol. The molecule has 0 aliphatic carbocycles. The van der Waals surface area contributed by atoms with Crippen LogP contribution in [0.4, 0.5) is 0 Å². The first kappa shape index (κ1) is 15.0. The molecule has 1 N–H and O–H groups in total. The third kappa shape index (κ3) is 4.97. The molecule has 0 aromatic rings. The zero-order valence-electron chi connectivity index (χ0n) is 12.3. The van der Waals surface area contributed by atoms with E-state index >= 15 is 0 Å². The van der Waals surface area contributed by atoms with Gasteiger partial charge in [-0.2, -0.15) is 0 Å². The van der Waals surface area contributed by atoms with E-state index in [1.807, 2.05) is 0 Å². The van der Waals surface area contributed by atoms with Gasteiger partial charge in [0.05, 0.1) is 0 Å². The van der Waals surface area contributed by atoms with Gasteiger partial charge >= 0.3 is 0 Å². The highest BCUT2D eigenvalue weighted by Gasteiger charge is 2.27. The molecule has 1 fully saturated rings. The molecular weight excluding hydrogens is 208 g/mol. The number of likely N-dealkylation sites (tertiary alicyclic amines) is 1. The Morgan fingerprint density at radius 1 is 1.29 bits per heavy atom. The largest absolute Gasteiger partial charge is 0.315 e. The molecule has 2 heteroatoms. The molecule has 3 unspecified atom stereocenters. The lowest BCUT2D eigenvalue weighted by atomic mass is 9.91. The van der Waals surface area contributed by atoms with E-state index < -0.39 is 0 Å². The number of nitrogens with one attached hydrogen (secondary N) is 1. The number of hydrogen-bond donors (Lipinski definition) is 1. The van der Waals surface area contributed by atoms with Crippen molar-refractivity contribution >= 4 is 0 Å². The summed E-state index contributed by atoms with van der Waals surface area (Å²) in [6.07, 6.45) is 6.80. The molecule has 102 valence electrons. The van der Waals surface area contributed by atoms with Crippen LogP contribution >= 0.6 is 0 Å². The summed E-state index contributed by atoms with van der Waals surface area (Å²) in [5.74, 6) is 0.867. The molecule has 0 aromatic heterocycles. The lowest BCUT2D eigenvalue weighted by Gasteiger charge is -2.41. The predicted octanol–water partition coefficient (Wildman–Crippen LogP) is 3.28. The third-order valence-electron chi connectivity index (χ3n) is 4.39. The minimum absolute atomic E-state index is 0.689. The van der Waals surface area contributed by atoms with Crippen molar-refractivity contribution < 1.29 is 0 Å². The van der Waals surface area contributed by atoms with Gasteiger partial charge in [-0.1, -0.05) is 26.7 Å². The highest BCUT2D eigenvalue weighted by molar-refractivity contribution is 4.82. The summed E-state index contributed by atoms with van der Waals surface area (Å²) in [7, 11) is 0. The molecule has 1 saturated heterocycles. The van der Waals surface area contributed by atoms with E-state index in [-0.39, 0.29) is 0 Å². The van der Waals surface area contributed by atoms with Crippen molar-refractivity contribution in [3.05, 3.63) is 0 Å². The minimum atomic E-state index is 0.689. The van der Waals surface area contributed by atoms with Crippen LogP contribution in [0.25, 0.3) is 0 Å². The number of rotatable bonds is 7. The number of unbranched alkanes of at least 4 members (excludes halogenated alkanes) is 2. The molecule has 0 bridgehead atoms. The maximum Gasteiger partial charge on any atom is 0.0195 e.